The maximum Gasteiger partial charge on any atom is 0.338 e. The molecule has 3 saturated carbocycles. The van der Waals surface area contributed by atoms with E-state index in [0.29, 0.717) is 11.5 Å². The molecule has 0 spiro atoms. The molecule has 1 aromatic rings. The number of ether oxygens (including phenoxy) is 1. The minimum atomic E-state index is -0.398. The molecule has 3 fully saturated rings. The van der Waals surface area contributed by atoms with Crippen molar-refractivity contribution in [3.8, 4) is 0 Å². The van der Waals surface area contributed by atoms with Crippen molar-refractivity contribution in [2.24, 2.45) is 35.5 Å². The van der Waals surface area contributed by atoms with E-state index in [1.54, 1.807) is 0 Å². The van der Waals surface area contributed by atoms with Gasteiger partial charge in [0, 0.05) is 0 Å². The molecule has 2 nitrogen and oxygen atoms in total. The van der Waals surface area contributed by atoms with Crippen LogP contribution in [0.3, 0.4) is 0 Å². The van der Waals surface area contributed by atoms with Crippen molar-refractivity contribution in [2.45, 2.75) is 58.0 Å². The number of esters is 1. The van der Waals surface area contributed by atoms with Crippen molar-refractivity contribution in [3.63, 3.8) is 0 Å². The minimum absolute atomic E-state index is 0.199. The molecule has 7 atom stereocenters. The highest BCUT2D eigenvalue weighted by Crippen LogP contribution is 2.68. The molecule has 26 heavy (non-hydrogen) atoms. The predicted molar refractivity (Wildman–Crippen MR) is 103 cm³/mol. The standard InChI is InChI=1S/C24H30O2/c1-4-24(2,3)26-23(25)15-7-5-14(6-8-15)19-12-18-13-20(19)22-17-10-9-16(11-17)21(18)22/h5-10,16-22H,4,11-13H2,1-3H3. The fraction of sp³-hybridized carbons (Fsp3) is 0.625. The second kappa shape index (κ2) is 5.71. The van der Waals surface area contributed by atoms with Crippen LogP contribution in [0.25, 0.3) is 0 Å². The van der Waals surface area contributed by atoms with Crippen molar-refractivity contribution in [1.82, 2.24) is 0 Å². The second-order valence-electron chi connectivity index (χ2n) is 9.73. The van der Waals surface area contributed by atoms with E-state index in [0.717, 1.165) is 41.9 Å². The number of carbonyl (C=O) groups is 1. The summed E-state index contributed by atoms with van der Waals surface area (Å²) in [4.78, 5) is 12.4. The lowest BCUT2D eigenvalue weighted by molar-refractivity contribution is -0.00243. The van der Waals surface area contributed by atoms with Crippen LogP contribution in [-0.2, 0) is 4.74 Å². The molecule has 0 aromatic heterocycles. The molecule has 0 aliphatic heterocycles. The predicted octanol–water partition coefficient (Wildman–Crippen LogP) is 5.59. The van der Waals surface area contributed by atoms with Crippen molar-refractivity contribution in [3.05, 3.63) is 47.5 Å². The van der Waals surface area contributed by atoms with Crippen LogP contribution < -0.4 is 0 Å². The Morgan fingerprint density at radius 3 is 2.42 bits per heavy atom. The summed E-state index contributed by atoms with van der Waals surface area (Å²) in [6, 6.07) is 8.35. The molecule has 0 N–H and O–H groups in total. The first-order valence-corrected chi connectivity index (χ1v) is 10.5. The normalized spacial score (nSPS) is 39.4. The molecule has 4 bridgehead atoms. The van der Waals surface area contributed by atoms with Gasteiger partial charge in [0.05, 0.1) is 5.56 Å². The molecular weight excluding hydrogens is 320 g/mol. The lowest BCUT2D eigenvalue weighted by atomic mass is 9.68. The molecule has 0 radical (unpaired) electrons. The monoisotopic (exact) mass is 350 g/mol. The number of rotatable bonds is 4. The Kier molecular flexibility index (Phi) is 3.64. The average molecular weight is 351 g/mol. The van der Waals surface area contributed by atoms with E-state index in [1.807, 2.05) is 32.9 Å². The fourth-order valence-electron chi connectivity index (χ4n) is 6.65. The lowest BCUT2D eigenvalue weighted by Crippen LogP contribution is -2.30. The Labute approximate surface area is 157 Å². The summed E-state index contributed by atoms with van der Waals surface area (Å²) in [6.07, 6.45) is 10.1. The molecule has 4 aliphatic rings. The van der Waals surface area contributed by atoms with E-state index in [2.05, 4.69) is 24.3 Å². The Morgan fingerprint density at radius 1 is 1.04 bits per heavy atom. The molecule has 0 heterocycles. The third-order valence-electron chi connectivity index (χ3n) is 8.07. The maximum absolute atomic E-state index is 12.4. The molecule has 2 heteroatoms. The van der Waals surface area contributed by atoms with E-state index in [9.17, 15) is 4.79 Å². The zero-order valence-electron chi connectivity index (χ0n) is 16.2. The average Bonchev–Trinajstić information content (AvgIpc) is 3.40. The first kappa shape index (κ1) is 16.6. The molecule has 1 aromatic carbocycles. The van der Waals surface area contributed by atoms with Gasteiger partial charge in [-0.15, -0.1) is 0 Å². The highest BCUT2D eigenvalue weighted by Gasteiger charge is 2.60. The van der Waals surface area contributed by atoms with E-state index in [4.69, 9.17) is 4.74 Å². The van der Waals surface area contributed by atoms with Crippen LogP contribution in [0.15, 0.2) is 36.4 Å². The van der Waals surface area contributed by atoms with Gasteiger partial charge < -0.3 is 4.74 Å². The molecule has 4 aliphatic carbocycles. The summed E-state index contributed by atoms with van der Waals surface area (Å²) in [5, 5.41) is 0. The maximum atomic E-state index is 12.4. The van der Waals surface area contributed by atoms with E-state index in [-0.39, 0.29) is 5.97 Å². The number of benzene rings is 1. The van der Waals surface area contributed by atoms with Gasteiger partial charge in [0.25, 0.3) is 0 Å². The highest BCUT2D eigenvalue weighted by atomic mass is 16.6. The van der Waals surface area contributed by atoms with Gasteiger partial charge in [0.2, 0.25) is 0 Å². The minimum Gasteiger partial charge on any atom is -0.456 e. The molecule has 5 rings (SSSR count). The smallest absolute Gasteiger partial charge is 0.338 e. The number of hydrogen-bond acceptors (Lipinski definition) is 2. The zero-order chi connectivity index (χ0) is 18.1. The third-order valence-corrected chi connectivity index (χ3v) is 8.07. The topological polar surface area (TPSA) is 26.3 Å². The molecule has 138 valence electrons. The summed E-state index contributed by atoms with van der Waals surface area (Å²) in [5.74, 6) is 5.96. The number of hydrogen-bond donors (Lipinski definition) is 0. The number of fused-ring (bicyclic) bond motifs is 9. The van der Waals surface area contributed by atoms with Gasteiger partial charge in [-0.2, -0.15) is 0 Å². The van der Waals surface area contributed by atoms with Crippen molar-refractivity contribution in [1.29, 1.82) is 0 Å². The Bertz CT molecular complexity index is 744. The van der Waals surface area contributed by atoms with Crippen LogP contribution in [0.2, 0.25) is 0 Å². The van der Waals surface area contributed by atoms with Gasteiger partial charge in [-0.05, 0) is 98.7 Å². The molecule has 0 amide bonds. The van der Waals surface area contributed by atoms with E-state index < -0.39 is 5.60 Å². The Balaban J connectivity index is 1.32. The summed E-state index contributed by atoms with van der Waals surface area (Å²) in [7, 11) is 0. The van der Waals surface area contributed by atoms with Crippen molar-refractivity contribution >= 4 is 5.97 Å². The number of allylic oxidation sites excluding steroid dienone is 2. The van der Waals surface area contributed by atoms with Gasteiger partial charge >= 0.3 is 5.97 Å². The van der Waals surface area contributed by atoms with Crippen LogP contribution in [-0.4, -0.2) is 11.6 Å². The Morgan fingerprint density at radius 2 is 1.73 bits per heavy atom. The van der Waals surface area contributed by atoms with Crippen LogP contribution >= 0.6 is 0 Å². The molecule has 7 unspecified atom stereocenters. The third kappa shape index (κ3) is 2.41. The largest absolute Gasteiger partial charge is 0.456 e. The van der Waals surface area contributed by atoms with Crippen LogP contribution in [0.4, 0.5) is 0 Å². The van der Waals surface area contributed by atoms with Crippen molar-refractivity contribution < 1.29 is 9.53 Å². The van der Waals surface area contributed by atoms with Crippen molar-refractivity contribution in [2.75, 3.05) is 0 Å². The summed E-state index contributed by atoms with van der Waals surface area (Å²) >= 11 is 0. The fourth-order valence-corrected chi connectivity index (χ4v) is 6.65. The van der Waals surface area contributed by atoms with Crippen LogP contribution in [0, 0.1) is 35.5 Å². The highest BCUT2D eigenvalue weighted by molar-refractivity contribution is 5.89. The van der Waals surface area contributed by atoms with Gasteiger partial charge in [-0.25, -0.2) is 4.79 Å². The summed E-state index contributed by atoms with van der Waals surface area (Å²) < 4.78 is 5.63. The van der Waals surface area contributed by atoms with Gasteiger partial charge in [0.1, 0.15) is 5.60 Å². The summed E-state index contributed by atoms with van der Waals surface area (Å²) in [5.41, 5.74) is 1.72. The zero-order valence-corrected chi connectivity index (χ0v) is 16.2. The number of carbonyl (C=O) groups excluding carboxylic acids is 1. The Hall–Kier alpha value is -1.57. The quantitative estimate of drug-likeness (QED) is 0.402. The first-order chi connectivity index (χ1) is 12.5. The SMILES string of the molecule is CCC(C)(C)OC(=O)c1ccc(C2CC3CC2C2C4C=CC(C4)C32)cc1. The first-order valence-electron chi connectivity index (χ1n) is 10.5. The van der Waals surface area contributed by atoms with Gasteiger partial charge in [-0.3, -0.25) is 0 Å². The molecular formula is C24H30O2. The van der Waals surface area contributed by atoms with Crippen LogP contribution in [0.1, 0.15) is 68.3 Å². The molecule has 0 saturated heterocycles. The van der Waals surface area contributed by atoms with Gasteiger partial charge in [0.15, 0.2) is 0 Å². The lowest BCUT2D eigenvalue weighted by Gasteiger charge is -2.37. The second-order valence-corrected chi connectivity index (χ2v) is 9.73. The summed E-state index contributed by atoms with van der Waals surface area (Å²) in [6.45, 7) is 5.98. The van der Waals surface area contributed by atoms with E-state index in [1.165, 1.54) is 24.8 Å². The van der Waals surface area contributed by atoms with Crippen LogP contribution in [0.5, 0.6) is 0 Å². The van der Waals surface area contributed by atoms with Gasteiger partial charge in [-0.1, -0.05) is 31.2 Å². The van der Waals surface area contributed by atoms with E-state index >= 15 is 0 Å².